The largest absolute Gasteiger partial charge is 0.366 e. The van der Waals surface area contributed by atoms with Gasteiger partial charge in [-0.15, -0.1) is 0 Å². The molecule has 4 heteroatoms. The summed E-state index contributed by atoms with van der Waals surface area (Å²) in [5.74, 6) is 0.866. The summed E-state index contributed by atoms with van der Waals surface area (Å²) in [5.41, 5.74) is 1.77. The van der Waals surface area contributed by atoms with E-state index < -0.39 is 0 Å². The normalized spacial score (nSPS) is 22.4. The lowest BCUT2D eigenvalue weighted by Gasteiger charge is -2.28. The Morgan fingerprint density at radius 3 is 2.76 bits per heavy atom. The van der Waals surface area contributed by atoms with Crippen LogP contribution in [0.15, 0.2) is 0 Å². The van der Waals surface area contributed by atoms with Crippen molar-refractivity contribution in [3.8, 4) is 6.07 Å². The third kappa shape index (κ3) is 2.02. The molecule has 1 aliphatic carbocycles. The molecule has 92 valence electrons. The molecule has 1 fully saturated rings. The van der Waals surface area contributed by atoms with E-state index in [-0.39, 0.29) is 0 Å². The summed E-state index contributed by atoms with van der Waals surface area (Å²) in [4.78, 5) is 0. The van der Waals surface area contributed by atoms with Gasteiger partial charge < -0.3 is 5.32 Å². The van der Waals surface area contributed by atoms with Crippen LogP contribution in [0.3, 0.4) is 0 Å². The number of anilines is 1. The second-order valence-corrected chi connectivity index (χ2v) is 5.62. The highest BCUT2D eigenvalue weighted by Crippen LogP contribution is 2.39. The average molecular weight is 232 g/mol. The number of aryl methyl sites for hydroxylation is 2. The fraction of sp³-hybridized carbons (Fsp3) is 0.692. The molecule has 1 aliphatic rings. The Hall–Kier alpha value is -1.50. The highest BCUT2D eigenvalue weighted by molar-refractivity contribution is 5.55. The molecule has 0 bridgehead atoms. The van der Waals surface area contributed by atoms with Gasteiger partial charge in [-0.25, -0.2) is 0 Å². The monoisotopic (exact) mass is 232 g/mol. The SMILES string of the molecule is Cc1nn(C)c(NC2CCCC2(C)C)c1C#N. The van der Waals surface area contributed by atoms with Gasteiger partial charge in [0.1, 0.15) is 17.5 Å². The number of hydrogen-bond acceptors (Lipinski definition) is 3. The van der Waals surface area contributed by atoms with Gasteiger partial charge in [0.2, 0.25) is 0 Å². The maximum atomic E-state index is 9.17. The summed E-state index contributed by atoms with van der Waals surface area (Å²) in [6, 6.07) is 2.67. The van der Waals surface area contributed by atoms with Crippen molar-refractivity contribution in [2.24, 2.45) is 12.5 Å². The predicted molar refractivity (Wildman–Crippen MR) is 67.7 cm³/mol. The van der Waals surface area contributed by atoms with Crippen LogP contribution in [0.1, 0.15) is 44.4 Å². The third-order valence-electron chi connectivity index (χ3n) is 3.90. The number of hydrogen-bond donors (Lipinski definition) is 1. The van der Waals surface area contributed by atoms with Crippen LogP contribution in [0.4, 0.5) is 5.82 Å². The Kier molecular flexibility index (Phi) is 2.86. The summed E-state index contributed by atoms with van der Waals surface area (Å²) >= 11 is 0. The van der Waals surface area contributed by atoms with Gasteiger partial charge in [-0.1, -0.05) is 20.3 Å². The lowest BCUT2D eigenvalue weighted by molar-refractivity contribution is 0.348. The van der Waals surface area contributed by atoms with Crippen molar-refractivity contribution >= 4 is 5.82 Å². The van der Waals surface area contributed by atoms with Gasteiger partial charge in [-0.2, -0.15) is 10.4 Å². The zero-order valence-corrected chi connectivity index (χ0v) is 11.0. The molecule has 0 aliphatic heterocycles. The van der Waals surface area contributed by atoms with Gasteiger partial charge in [-0.05, 0) is 25.2 Å². The van der Waals surface area contributed by atoms with Crippen molar-refractivity contribution in [2.45, 2.75) is 46.1 Å². The Morgan fingerprint density at radius 2 is 2.24 bits per heavy atom. The van der Waals surface area contributed by atoms with Crippen LogP contribution >= 0.6 is 0 Å². The maximum Gasteiger partial charge on any atom is 0.142 e. The molecule has 1 aromatic rings. The van der Waals surface area contributed by atoms with Gasteiger partial charge in [-0.3, -0.25) is 4.68 Å². The molecule has 2 rings (SSSR count). The van der Waals surface area contributed by atoms with Crippen LogP contribution in [0.2, 0.25) is 0 Å². The third-order valence-corrected chi connectivity index (χ3v) is 3.90. The Balaban J connectivity index is 2.28. The molecule has 1 saturated carbocycles. The second-order valence-electron chi connectivity index (χ2n) is 5.62. The molecule has 1 unspecified atom stereocenters. The van der Waals surface area contributed by atoms with Crippen molar-refractivity contribution < 1.29 is 0 Å². The predicted octanol–water partition coefficient (Wildman–Crippen LogP) is 2.59. The highest BCUT2D eigenvalue weighted by Gasteiger charge is 2.35. The highest BCUT2D eigenvalue weighted by atomic mass is 15.3. The van der Waals surface area contributed by atoms with Gasteiger partial charge in [0, 0.05) is 13.1 Å². The first-order chi connectivity index (χ1) is 7.95. The maximum absolute atomic E-state index is 9.17. The molecule has 0 amide bonds. The van der Waals surface area contributed by atoms with E-state index in [2.05, 4.69) is 30.3 Å². The lowest BCUT2D eigenvalue weighted by Crippen LogP contribution is -2.31. The quantitative estimate of drug-likeness (QED) is 0.852. The van der Waals surface area contributed by atoms with Gasteiger partial charge >= 0.3 is 0 Å². The first-order valence-electron chi connectivity index (χ1n) is 6.16. The van der Waals surface area contributed by atoms with E-state index in [9.17, 15) is 5.26 Å². The van der Waals surface area contributed by atoms with Crippen molar-refractivity contribution in [1.29, 1.82) is 5.26 Å². The summed E-state index contributed by atoms with van der Waals surface area (Å²) in [7, 11) is 1.89. The molecular formula is C13H20N4. The summed E-state index contributed by atoms with van der Waals surface area (Å²) in [6.07, 6.45) is 3.66. The Bertz CT molecular complexity index is 464. The van der Waals surface area contributed by atoms with Crippen molar-refractivity contribution in [1.82, 2.24) is 9.78 Å². The minimum Gasteiger partial charge on any atom is -0.366 e. The fourth-order valence-corrected chi connectivity index (χ4v) is 2.72. The van der Waals surface area contributed by atoms with Crippen molar-refractivity contribution in [2.75, 3.05) is 5.32 Å². The molecule has 1 heterocycles. The molecule has 1 aromatic heterocycles. The number of nitrogens with one attached hydrogen (secondary N) is 1. The van der Waals surface area contributed by atoms with Crippen LogP contribution in [-0.2, 0) is 7.05 Å². The summed E-state index contributed by atoms with van der Waals surface area (Å²) < 4.78 is 1.78. The number of nitrogens with zero attached hydrogens (tertiary/aromatic N) is 3. The van der Waals surface area contributed by atoms with Crippen LogP contribution in [0, 0.1) is 23.7 Å². The molecule has 1 atom stereocenters. The van der Waals surface area contributed by atoms with E-state index in [4.69, 9.17) is 0 Å². The van der Waals surface area contributed by atoms with Crippen molar-refractivity contribution in [3.63, 3.8) is 0 Å². The van der Waals surface area contributed by atoms with E-state index in [1.165, 1.54) is 19.3 Å². The standard InChI is InChI=1S/C13H20N4/c1-9-10(8-14)12(17(4)16-9)15-11-6-5-7-13(11,2)3/h11,15H,5-7H2,1-4H3. The van der Waals surface area contributed by atoms with Gasteiger partial charge in [0.25, 0.3) is 0 Å². The summed E-state index contributed by atoms with van der Waals surface area (Å²) in [5, 5.41) is 17.0. The summed E-state index contributed by atoms with van der Waals surface area (Å²) in [6.45, 7) is 6.45. The van der Waals surface area contributed by atoms with E-state index in [0.29, 0.717) is 17.0 Å². The Morgan fingerprint density at radius 1 is 1.53 bits per heavy atom. The van der Waals surface area contributed by atoms with Crippen LogP contribution < -0.4 is 5.32 Å². The molecule has 17 heavy (non-hydrogen) atoms. The zero-order chi connectivity index (χ0) is 12.6. The van der Waals surface area contributed by atoms with Gasteiger partial charge in [0.15, 0.2) is 0 Å². The van der Waals surface area contributed by atoms with Crippen LogP contribution in [-0.4, -0.2) is 15.8 Å². The second kappa shape index (κ2) is 4.06. The van der Waals surface area contributed by atoms with E-state index >= 15 is 0 Å². The molecule has 4 nitrogen and oxygen atoms in total. The number of aromatic nitrogens is 2. The van der Waals surface area contributed by atoms with E-state index in [1.54, 1.807) is 4.68 Å². The number of nitriles is 1. The zero-order valence-electron chi connectivity index (χ0n) is 11.0. The van der Waals surface area contributed by atoms with E-state index in [1.807, 2.05) is 14.0 Å². The smallest absolute Gasteiger partial charge is 0.142 e. The van der Waals surface area contributed by atoms with Crippen LogP contribution in [0.5, 0.6) is 0 Å². The first kappa shape index (κ1) is 12.0. The molecule has 0 saturated heterocycles. The molecule has 0 spiro atoms. The lowest BCUT2D eigenvalue weighted by atomic mass is 9.87. The number of rotatable bonds is 2. The molecule has 0 aromatic carbocycles. The topological polar surface area (TPSA) is 53.6 Å². The van der Waals surface area contributed by atoms with Crippen molar-refractivity contribution in [3.05, 3.63) is 11.3 Å². The first-order valence-corrected chi connectivity index (χ1v) is 6.16. The minimum atomic E-state index is 0.297. The molecular weight excluding hydrogens is 212 g/mol. The molecule has 0 radical (unpaired) electrons. The average Bonchev–Trinajstić information content (AvgIpc) is 2.69. The minimum absolute atomic E-state index is 0.297. The Labute approximate surface area is 103 Å². The fourth-order valence-electron chi connectivity index (χ4n) is 2.72. The van der Waals surface area contributed by atoms with Crippen LogP contribution in [0.25, 0.3) is 0 Å². The van der Waals surface area contributed by atoms with E-state index in [0.717, 1.165) is 11.5 Å². The molecule has 1 N–H and O–H groups in total. The van der Waals surface area contributed by atoms with Gasteiger partial charge in [0.05, 0.1) is 5.69 Å².